The first-order valence-corrected chi connectivity index (χ1v) is 12.4. The maximum atomic E-state index is 14.2. The molecule has 1 aliphatic rings. The van der Waals surface area contributed by atoms with E-state index in [1.807, 2.05) is 6.07 Å². The van der Waals surface area contributed by atoms with Crippen molar-refractivity contribution in [3.05, 3.63) is 44.7 Å². The van der Waals surface area contributed by atoms with E-state index in [0.29, 0.717) is 0 Å². The number of fused-ring (bicyclic) bond motifs is 1. The minimum Gasteiger partial charge on any atom is -0.444 e. The van der Waals surface area contributed by atoms with Crippen LogP contribution in [0.25, 0.3) is 10.9 Å². The first kappa shape index (κ1) is 27.6. The third kappa shape index (κ3) is 5.73. The highest BCUT2D eigenvalue weighted by Crippen LogP contribution is 2.27. The quantitative estimate of drug-likeness (QED) is 0.427. The SMILES string of the molecule is C[C@H](Nc1nc(N)nc(N)c1C#N)c1nc2c(Cl)cc(F)cc2c(=O)n1N1CCN(C(=O)OC(C)(C)C)CC1. The summed E-state index contributed by atoms with van der Waals surface area (Å²) in [5.41, 5.74) is 10.4. The summed E-state index contributed by atoms with van der Waals surface area (Å²) in [5, 5.41) is 14.2. The Hall–Kier alpha value is -4.38. The van der Waals surface area contributed by atoms with Gasteiger partial charge in [0.05, 0.1) is 35.1 Å². The number of benzene rings is 1. The Morgan fingerprint density at radius 2 is 1.87 bits per heavy atom. The Morgan fingerprint density at radius 3 is 2.49 bits per heavy atom. The fraction of sp³-hybridized carbons (Fsp3) is 0.417. The molecule has 3 aromatic rings. The third-order valence-electron chi connectivity index (χ3n) is 5.89. The Balaban J connectivity index is 1.76. The number of piperazine rings is 1. The topological polar surface area (TPSA) is 181 Å². The number of anilines is 3. The smallest absolute Gasteiger partial charge is 0.410 e. The molecule has 1 aromatic carbocycles. The van der Waals surface area contributed by atoms with E-state index >= 15 is 0 Å². The zero-order chi connectivity index (χ0) is 28.6. The number of carbonyl (C=O) groups is 1. The van der Waals surface area contributed by atoms with E-state index in [1.165, 1.54) is 4.68 Å². The molecule has 1 atom stereocenters. The Kier molecular flexibility index (Phi) is 7.38. The number of halogens is 2. The van der Waals surface area contributed by atoms with E-state index in [-0.39, 0.29) is 71.1 Å². The van der Waals surface area contributed by atoms with Crippen LogP contribution < -0.4 is 27.4 Å². The number of carbonyl (C=O) groups excluding carboxylic acids is 1. The van der Waals surface area contributed by atoms with Crippen LogP contribution in [0.5, 0.6) is 0 Å². The van der Waals surface area contributed by atoms with Crippen molar-refractivity contribution in [2.45, 2.75) is 39.3 Å². The van der Waals surface area contributed by atoms with Crippen molar-refractivity contribution >= 4 is 46.2 Å². The van der Waals surface area contributed by atoms with Gasteiger partial charge in [0.1, 0.15) is 28.9 Å². The molecule has 5 N–H and O–H groups in total. The maximum Gasteiger partial charge on any atom is 0.410 e. The number of nitrogen functional groups attached to an aromatic ring is 2. The molecule has 0 unspecified atom stereocenters. The van der Waals surface area contributed by atoms with Crippen molar-refractivity contribution in [1.29, 1.82) is 5.26 Å². The third-order valence-corrected chi connectivity index (χ3v) is 6.18. The molecule has 2 aromatic heterocycles. The normalized spacial score (nSPS) is 14.7. The molecule has 0 bridgehead atoms. The summed E-state index contributed by atoms with van der Waals surface area (Å²) in [4.78, 5) is 40.3. The van der Waals surface area contributed by atoms with Gasteiger partial charge in [-0.15, -0.1) is 0 Å². The number of rotatable bonds is 4. The summed E-state index contributed by atoms with van der Waals surface area (Å²) < 4.78 is 21.0. The minimum atomic E-state index is -0.743. The molecule has 206 valence electrons. The summed E-state index contributed by atoms with van der Waals surface area (Å²) in [6, 6.07) is 3.34. The van der Waals surface area contributed by atoms with Crippen molar-refractivity contribution in [3.8, 4) is 6.07 Å². The number of amides is 1. The molecule has 0 spiro atoms. The van der Waals surface area contributed by atoms with Gasteiger partial charge in [-0.05, 0) is 39.8 Å². The van der Waals surface area contributed by atoms with E-state index < -0.39 is 29.1 Å². The summed E-state index contributed by atoms with van der Waals surface area (Å²) in [5.74, 6) is -0.693. The number of hydrogen-bond acceptors (Lipinski definition) is 11. The van der Waals surface area contributed by atoms with Gasteiger partial charge in [-0.3, -0.25) is 4.79 Å². The Morgan fingerprint density at radius 1 is 1.21 bits per heavy atom. The molecule has 1 amide bonds. The Labute approximate surface area is 228 Å². The fourth-order valence-electron chi connectivity index (χ4n) is 4.16. The summed E-state index contributed by atoms with van der Waals surface area (Å²) in [6.45, 7) is 8.07. The molecule has 0 aliphatic carbocycles. The van der Waals surface area contributed by atoms with E-state index in [4.69, 9.17) is 27.8 Å². The van der Waals surface area contributed by atoms with Gasteiger partial charge in [-0.25, -0.2) is 18.8 Å². The predicted octanol–water partition coefficient (Wildman–Crippen LogP) is 2.38. The van der Waals surface area contributed by atoms with Crippen molar-refractivity contribution in [3.63, 3.8) is 0 Å². The van der Waals surface area contributed by atoms with Crippen LogP contribution in [0, 0.1) is 17.1 Å². The fourth-order valence-corrected chi connectivity index (χ4v) is 4.41. The Bertz CT molecular complexity index is 1540. The lowest BCUT2D eigenvalue weighted by molar-refractivity contribution is 0.0231. The van der Waals surface area contributed by atoms with Crippen LogP contribution in [-0.2, 0) is 4.74 Å². The highest BCUT2D eigenvalue weighted by atomic mass is 35.5. The molecule has 1 fully saturated rings. The first-order chi connectivity index (χ1) is 18.3. The second-order valence-electron chi connectivity index (χ2n) is 9.96. The second-order valence-corrected chi connectivity index (χ2v) is 10.4. The van der Waals surface area contributed by atoms with Crippen molar-refractivity contribution in [1.82, 2.24) is 24.5 Å². The number of aromatic nitrogens is 4. The zero-order valence-electron chi connectivity index (χ0n) is 21.8. The molecule has 0 saturated carbocycles. The van der Waals surface area contributed by atoms with E-state index in [0.717, 1.165) is 12.1 Å². The molecule has 39 heavy (non-hydrogen) atoms. The van der Waals surface area contributed by atoms with Crippen molar-refractivity contribution < 1.29 is 13.9 Å². The number of nitrogens with two attached hydrogens (primary N) is 2. The molecule has 15 heteroatoms. The maximum absolute atomic E-state index is 14.2. The highest BCUT2D eigenvalue weighted by Gasteiger charge is 2.29. The number of ether oxygens (including phenoxy) is 1. The van der Waals surface area contributed by atoms with Crippen molar-refractivity contribution in [2.75, 3.05) is 48.0 Å². The molecular weight excluding hydrogens is 531 g/mol. The monoisotopic (exact) mass is 558 g/mol. The van der Waals surface area contributed by atoms with Gasteiger partial charge in [-0.2, -0.15) is 15.2 Å². The number of nitrogens with zero attached hydrogens (tertiary/aromatic N) is 7. The van der Waals surface area contributed by atoms with Crippen LogP contribution in [-0.4, -0.2) is 62.4 Å². The van der Waals surface area contributed by atoms with Gasteiger partial charge >= 0.3 is 6.09 Å². The largest absolute Gasteiger partial charge is 0.444 e. The van der Waals surface area contributed by atoms with E-state index in [1.54, 1.807) is 37.6 Å². The summed E-state index contributed by atoms with van der Waals surface area (Å²) >= 11 is 6.27. The minimum absolute atomic E-state index is 0.0150. The lowest BCUT2D eigenvalue weighted by Gasteiger charge is -2.38. The van der Waals surface area contributed by atoms with Crippen LogP contribution >= 0.6 is 11.6 Å². The van der Waals surface area contributed by atoms with Gasteiger partial charge in [0.2, 0.25) is 5.95 Å². The molecule has 3 heterocycles. The molecule has 1 aliphatic heterocycles. The number of hydrogen-bond donors (Lipinski definition) is 3. The summed E-state index contributed by atoms with van der Waals surface area (Å²) in [7, 11) is 0. The molecule has 0 radical (unpaired) electrons. The van der Waals surface area contributed by atoms with Gasteiger partial charge in [-0.1, -0.05) is 11.6 Å². The van der Waals surface area contributed by atoms with E-state index in [9.17, 15) is 19.2 Å². The summed E-state index contributed by atoms with van der Waals surface area (Å²) in [6.07, 6.45) is -0.460. The lowest BCUT2D eigenvalue weighted by Crippen LogP contribution is -2.57. The van der Waals surface area contributed by atoms with Gasteiger partial charge in [0.25, 0.3) is 5.56 Å². The molecule has 1 saturated heterocycles. The van der Waals surface area contributed by atoms with E-state index in [2.05, 4.69) is 20.3 Å². The second kappa shape index (κ2) is 10.4. The van der Waals surface area contributed by atoms with Gasteiger partial charge in [0, 0.05) is 13.1 Å². The molecular formula is C24H28ClFN10O3. The molecule has 4 rings (SSSR count). The van der Waals surface area contributed by atoms with Crippen LogP contribution in [0.4, 0.5) is 26.8 Å². The van der Waals surface area contributed by atoms with Crippen LogP contribution in [0.15, 0.2) is 16.9 Å². The first-order valence-electron chi connectivity index (χ1n) is 12.0. The number of nitrogens with one attached hydrogen (secondary N) is 1. The van der Waals surface area contributed by atoms with Crippen LogP contribution in [0.1, 0.15) is 45.1 Å². The highest BCUT2D eigenvalue weighted by molar-refractivity contribution is 6.35. The van der Waals surface area contributed by atoms with Crippen LogP contribution in [0.3, 0.4) is 0 Å². The predicted molar refractivity (Wildman–Crippen MR) is 144 cm³/mol. The van der Waals surface area contributed by atoms with Gasteiger partial charge < -0.3 is 31.4 Å². The van der Waals surface area contributed by atoms with Crippen molar-refractivity contribution in [2.24, 2.45) is 0 Å². The lowest BCUT2D eigenvalue weighted by atomic mass is 10.2. The zero-order valence-corrected chi connectivity index (χ0v) is 22.6. The standard InChI is InChI=1S/C24H28ClFN10O3/c1-12(30-19-15(11-27)18(28)32-22(29)33-19)20-31-17-14(9-13(26)10-16(17)25)21(37)36(20)35-7-5-34(6-8-35)23(38)39-24(2,3)4/h9-10,12H,5-8H2,1-4H3,(H5,28,29,30,32,33)/t12-/m0/s1. The molecule has 13 nitrogen and oxygen atoms in total. The van der Waals surface area contributed by atoms with Gasteiger partial charge in [0.15, 0.2) is 11.6 Å². The average Bonchev–Trinajstić information content (AvgIpc) is 2.83. The van der Waals surface area contributed by atoms with Crippen LogP contribution in [0.2, 0.25) is 5.02 Å². The number of nitriles is 1. The average molecular weight is 559 g/mol.